The number of nitrogens with one attached hydrogen (secondary N) is 2. The van der Waals surface area contributed by atoms with E-state index in [1.54, 1.807) is 4.90 Å². The number of rotatable bonds is 2. The first-order valence-corrected chi connectivity index (χ1v) is 9.70. The van der Waals surface area contributed by atoms with Crippen molar-refractivity contribution in [2.24, 2.45) is 0 Å². The molecule has 0 saturated carbocycles. The van der Waals surface area contributed by atoms with Crippen LogP contribution in [0.5, 0.6) is 0 Å². The molecule has 0 aromatic rings. The van der Waals surface area contributed by atoms with Gasteiger partial charge in [0.2, 0.25) is 0 Å². The van der Waals surface area contributed by atoms with Crippen molar-refractivity contribution in [3.63, 3.8) is 0 Å². The van der Waals surface area contributed by atoms with Crippen molar-refractivity contribution in [3.8, 4) is 0 Å². The van der Waals surface area contributed by atoms with Crippen LogP contribution < -0.4 is 10.6 Å². The van der Waals surface area contributed by atoms with Crippen LogP contribution in [-0.2, 0) is 4.74 Å². The SMILES string of the molecule is CC(C)(C)N(C(=O)O)[C@H]1CCNC1.CN1CC[C@H](NC(=O)OC(C)(C)C)C1. The Morgan fingerprint density at radius 1 is 1.19 bits per heavy atom. The van der Waals surface area contributed by atoms with Gasteiger partial charge < -0.3 is 25.4 Å². The number of likely N-dealkylation sites (N-methyl/N-ethyl adjacent to an activating group) is 1. The zero-order valence-corrected chi connectivity index (χ0v) is 18.0. The number of alkyl carbamates (subject to hydrolysis) is 1. The van der Waals surface area contributed by atoms with E-state index in [9.17, 15) is 9.59 Å². The molecule has 0 unspecified atom stereocenters. The molecule has 0 aliphatic carbocycles. The fourth-order valence-electron chi connectivity index (χ4n) is 3.38. The van der Waals surface area contributed by atoms with Crippen LogP contribution in [0.1, 0.15) is 54.4 Å². The highest BCUT2D eigenvalue weighted by molar-refractivity contribution is 5.68. The molecule has 0 aromatic heterocycles. The van der Waals surface area contributed by atoms with E-state index in [0.29, 0.717) is 0 Å². The van der Waals surface area contributed by atoms with Gasteiger partial charge in [-0.05, 0) is 74.5 Å². The molecular formula is C19H38N4O4. The van der Waals surface area contributed by atoms with Crippen molar-refractivity contribution in [2.45, 2.75) is 77.6 Å². The standard InChI is InChI=1S/C10H20N2O2.C9H18N2O2/c1-10(2,3)14-9(13)11-8-5-6-12(4)7-8;1-9(2,3)11(8(12)13)7-4-5-10-6-7/h8H,5-7H2,1-4H3,(H,11,13);7,10H,4-6H2,1-3H3,(H,12,13)/t8-;7-/m00/s1. The van der Waals surface area contributed by atoms with Crippen LogP contribution in [0.3, 0.4) is 0 Å². The zero-order valence-electron chi connectivity index (χ0n) is 18.0. The van der Waals surface area contributed by atoms with Crippen LogP contribution in [0.15, 0.2) is 0 Å². The van der Waals surface area contributed by atoms with Crippen LogP contribution in [0.25, 0.3) is 0 Å². The third-order valence-corrected chi connectivity index (χ3v) is 4.44. The molecule has 2 rings (SSSR count). The molecule has 2 aliphatic rings. The van der Waals surface area contributed by atoms with Gasteiger partial charge in [0, 0.05) is 30.7 Å². The van der Waals surface area contributed by atoms with Crippen molar-refractivity contribution in [1.82, 2.24) is 20.4 Å². The molecule has 2 saturated heterocycles. The van der Waals surface area contributed by atoms with Gasteiger partial charge >= 0.3 is 12.2 Å². The summed E-state index contributed by atoms with van der Waals surface area (Å²) < 4.78 is 5.17. The van der Waals surface area contributed by atoms with Crippen molar-refractivity contribution in [1.29, 1.82) is 0 Å². The molecule has 8 heteroatoms. The highest BCUT2D eigenvalue weighted by Gasteiger charge is 2.34. The summed E-state index contributed by atoms with van der Waals surface area (Å²) in [5, 5.41) is 15.1. The van der Waals surface area contributed by atoms with Gasteiger partial charge in [-0.2, -0.15) is 0 Å². The van der Waals surface area contributed by atoms with Crippen molar-refractivity contribution < 1.29 is 19.4 Å². The second-order valence-corrected chi connectivity index (χ2v) is 9.36. The number of nitrogens with zero attached hydrogens (tertiary/aromatic N) is 2. The van der Waals surface area contributed by atoms with E-state index >= 15 is 0 Å². The molecule has 0 bridgehead atoms. The van der Waals surface area contributed by atoms with Crippen molar-refractivity contribution >= 4 is 12.2 Å². The summed E-state index contributed by atoms with van der Waals surface area (Å²) in [4.78, 5) is 26.1. The summed E-state index contributed by atoms with van der Waals surface area (Å²) in [6.45, 7) is 15.1. The van der Waals surface area contributed by atoms with Gasteiger partial charge in [0.1, 0.15) is 5.60 Å². The number of amides is 2. The highest BCUT2D eigenvalue weighted by atomic mass is 16.6. The van der Waals surface area contributed by atoms with Gasteiger partial charge in [0.15, 0.2) is 0 Å². The van der Waals surface area contributed by atoms with E-state index in [2.05, 4.69) is 22.6 Å². The smallest absolute Gasteiger partial charge is 0.408 e. The minimum atomic E-state index is -0.818. The second kappa shape index (κ2) is 9.59. The lowest BCUT2D eigenvalue weighted by Crippen LogP contribution is -2.51. The normalized spacial score (nSPS) is 23.4. The lowest BCUT2D eigenvalue weighted by molar-refractivity contribution is 0.0506. The minimum Gasteiger partial charge on any atom is -0.465 e. The maximum Gasteiger partial charge on any atom is 0.408 e. The van der Waals surface area contributed by atoms with E-state index in [0.717, 1.165) is 39.0 Å². The fraction of sp³-hybridized carbons (Fsp3) is 0.895. The summed E-state index contributed by atoms with van der Waals surface area (Å²) in [5.41, 5.74) is -0.711. The number of carbonyl (C=O) groups excluding carboxylic acids is 1. The summed E-state index contributed by atoms with van der Waals surface area (Å²) >= 11 is 0. The molecule has 2 atom stereocenters. The van der Waals surface area contributed by atoms with Crippen LogP contribution in [0.4, 0.5) is 9.59 Å². The van der Waals surface area contributed by atoms with Crippen LogP contribution in [0, 0.1) is 0 Å². The molecule has 8 nitrogen and oxygen atoms in total. The third kappa shape index (κ3) is 8.79. The predicted molar refractivity (Wildman–Crippen MR) is 106 cm³/mol. The van der Waals surface area contributed by atoms with Gasteiger partial charge in [0.05, 0.1) is 0 Å². The monoisotopic (exact) mass is 386 g/mol. The number of carboxylic acid groups (broad SMARTS) is 1. The van der Waals surface area contributed by atoms with Crippen LogP contribution in [0.2, 0.25) is 0 Å². The molecule has 2 aliphatic heterocycles. The Bertz CT molecular complexity index is 493. The maximum atomic E-state index is 11.4. The Morgan fingerprint density at radius 2 is 1.81 bits per heavy atom. The first-order chi connectivity index (χ1) is 12.3. The lowest BCUT2D eigenvalue weighted by Gasteiger charge is -2.37. The number of hydrogen-bond acceptors (Lipinski definition) is 5. The summed E-state index contributed by atoms with van der Waals surface area (Å²) in [7, 11) is 2.05. The van der Waals surface area contributed by atoms with E-state index in [4.69, 9.17) is 9.84 Å². The molecule has 0 radical (unpaired) electrons. The molecule has 2 amide bonds. The fourth-order valence-corrected chi connectivity index (χ4v) is 3.38. The average Bonchev–Trinajstić information content (AvgIpc) is 3.07. The number of likely N-dealkylation sites (tertiary alicyclic amines) is 1. The van der Waals surface area contributed by atoms with Gasteiger partial charge in [-0.15, -0.1) is 0 Å². The summed E-state index contributed by atoms with van der Waals surface area (Å²) in [5.74, 6) is 0. The predicted octanol–water partition coefficient (Wildman–Crippen LogP) is 2.34. The summed E-state index contributed by atoms with van der Waals surface area (Å²) in [6, 6.07) is 0.382. The maximum absolute atomic E-state index is 11.4. The van der Waals surface area contributed by atoms with Gasteiger partial charge in [0.25, 0.3) is 0 Å². The number of hydrogen-bond donors (Lipinski definition) is 3. The van der Waals surface area contributed by atoms with Gasteiger partial charge in [-0.1, -0.05) is 0 Å². The van der Waals surface area contributed by atoms with Gasteiger partial charge in [-0.3, -0.25) is 4.90 Å². The Labute approximate surface area is 163 Å². The molecular weight excluding hydrogens is 348 g/mol. The molecule has 27 heavy (non-hydrogen) atoms. The Kier molecular flexibility index (Phi) is 8.35. The summed E-state index contributed by atoms with van der Waals surface area (Å²) in [6.07, 6.45) is 0.804. The van der Waals surface area contributed by atoms with Crippen LogP contribution >= 0.6 is 0 Å². The first-order valence-electron chi connectivity index (χ1n) is 9.70. The lowest BCUT2D eigenvalue weighted by atomic mass is 10.0. The second-order valence-electron chi connectivity index (χ2n) is 9.36. The van der Waals surface area contributed by atoms with Gasteiger partial charge in [-0.25, -0.2) is 9.59 Å². The van der Waals surface area contributed by atoms with Crippen molar-refractivity contribution in [3.05, 3.63) is 0 Å². The Morgan fingerprint density at radius 3 is 2.19 bits per heavy atom. The molecule has 158 valence electrons. The molecule has 3 N–H and O–H groups in total. The van der Waals surface area contributed by atoms with E-state index < -0.39 is 11.7 Å². The minimum absolute atomic E-state index is 0.137. The first kappa shape index (κ1) is 23.5. The Balaban J connectivity index is 0.000000271. The largest absolute Gasteiger partial charge is 0.465 e. The number of carbonyl (C=O) groups is 2. The number of ether oxygens (including phenoxy) is 1. The van der Waals surface area contributed by atoms with E-state index in [1.165, 1.54) is 0 Å². The quantitative estimate of drug-likeness (QED) is 0.674. The van der Waals surface area contributed by atoms with Crippen LogP contribution in [-0.4, -0.2) is 83.5 Å². The third-order valence-electron chi connectivity index (χ3n) is 4.44. The Hall–Kier alpha value is -1.54. The molecule has 0 spiro atoms. The average molecular weight is 387 g/mol. The van der Waals surface area contributed by atoms with E-state index in [1.807, 2.05) is 41.5 Å². The molecule has 0 aromatic carbocycles. The zero-order chi connectivity index (χ0) is 20.8. The van der Waals surface area contributed by atoms with Crippen molar-refractivity contribution in [2.75, 3.05) is 33.2 Å². The molecule has 2 fully saturated rings. The highest BCUT2D eigenvalue weighted by Crippen LogP contribution is 2.20. The topological polar surface area (TPSA) is 94.1 Å². The molecule has 2 heterocycles. The van der Waals surface area contributed by atoms with E-state index in [-0.39, 0.29) is 23.7 Å².